The average molecular weight is 416 g/mol. The molecule has 1 aliphatic rings. The van der Waals surface area contributed by atoms with Gasteiger partial charge in [0.15, 0.2) is 0 Å². The Labute approximate surface area is 175 Å². The number of hydrogen-bond acceptors (Lipinski definition) is 4. The monoisotopic (exact) mass is 415 g/mol. The lowest BCUT2D eigenvalue weighted by molar-refractivity contribution is -0.137. The highest BCUT2D eigenvalue weighted by atomic mass is 35.5. The SMILES string of the molecule is O=C(O)CC(NC(=O)CCCCc1ccc2c(n1)NCCC2)c1ccc(Cl)cc1. The van der Waals surface area contributed by atoms with E-state index in [0.29, 0.717) is 11.4 Å². The first-order chi connectivity index (χ1) is 14.0. The highest BCUT2D eigenvalue weighted by Gasteiger charge is 2.18. The fourth-order valence-corrected chi connectivity index (χ4v) is 3.61. The van der Waals surface area contributed by atoms with Crippen LogP contribution in [0.25, 0.3) is 0 Å². The number of carbonyl (C=O) groups is 2. The second-order valence-electron chi connectivity index (χ2n) is 7.32. The summed E-state index contributed by atoms with van der Waals surface area (Å²) in [7, 11) is 0. The summed E-state index contributed by atoms with van der Waals surface area (Å²) in [6.07, 6.45) is 4.79. The third kappa shape index (κ3) is 6.46. The Balaban J connectivity index is 1.46. The Morgan fingerprint density at radius 3 is 2.72 bits per heavy atom. The van der Waals surface area contributed by atoms with E-state index < -0.39 is 12.0 Å². The maximum Gasteiger partial charge on any atom is 0.305 e. The minimum atomic E-state index is -0.961. The van der Waals surface area contributed by atoms with Gasteiger partial charge in [-0.25, -0.2) is 4.98 Å². The zero-order valence-electron chi connectivity index (χ0n) is 16.3. The predicted molar refractivity (Wildman–Crippen MR) is 113 cm³/mol. The average Bonchev–Trinajstić information content (AvgIpc) is 2.71. The molecule has 1 atom stereocenters. The van der Waals surface area contributed by atoms with Gasteiger partial charge in [0, 0.05) is 23.7 Å². The van der Waals surface area contributed by atoms with Crippen molar-refractivity contribution in [1.82, 2.24) is 10.3 Å². The first-order valence-corrected chi connectivity index (χ1v) is 10.4. The quantitative estimate of drug-likeness (QED) is 0.535. The number of amides is 1. The van der Waals surface area contributed by atoms with Crippen LogP contribution in [0.4, 0.5) is 5.82 Å². The van der Waals surface area contributed by atoms with Crippen molar-refractivity contribution >= 4 is 29.3 Å². The van der Waals surface area contributed by atoms with Gasteiger partial charge >= 0.3 is 5.97 Å². The van der Waals surface area contributed by atoms with Gasteiger partial charge in [-0.15, -0.1) is 0 Å². The predicted octanol–water partition coefficient (Wildman–Crippen LogP) is 4.14. The number of carboxylic acids is 1. The molecule has 0 saturated heterocycles. The summed E-state index contributed by atoms with van der Waals surface area (Å²) < 4.78 is 0. The fourth-order valence-electron chi connectivity index (χ4n) is 3.49. The summed E-state index contributed by atoms with van der Waals surface area (Å²) in [6, 6.07) is 10.5. The lowest BCUT2D eigenvalue weighted by Gasteiger charge is -2.18. The maximum atomic E-state index is 12.3. The minimum absolute atomic E-state index is 0.147. The standard InChI is InChI=1S/C22H26ClN3O3/c23-17-10-7-15(8-11-17)19(14-21(28)29)26-20(27)6-2-1-5-18-12-9-16-4-3-13-24-22(16)25-18/h7-12,19H,1-6,13-14H2,(H,24,25)(H,26,27)(H,28,29). The van der Waals surface area contributed by atoms with Gasteiger partial charge in [0.1, 0.15) is 5.82 Å². The van der Waals surface area contributed by atoms with Crippen molar-refractivity contribution in [2.45, 2.75) is 51.0 Å². The summed E-state index contributed by atoms with van der Waals surface area (Å²) >= 11 is 5.89. The molecule has 1 aromatic carbocycles. The molecule has 2 aromatic rings. The Bertz CT molecular complexity index is 855. The first-order valence-electron chi connectivity index (χ1n) is 10.0. The van der Waals surface area contributed by atoms with Gasteiger partial charge in [0.05, 0.1) is 12.5 Å². The molecule has 1 aromatic heterocycles. The van der Waals surface area contributed by atoms with E-state index in [9.17, 15) is 9.59 Å². The number of nitrogens with zero attached hydrogens (tertiary/aromatic N) is 1. The smallest absolute Gasteiger partial charge is 0.305 e. The summed E-state index contributed by atoms with van der Waals surface area (Å²) in [6.45, 7) is 0.967. The number of aromatic nitrogens is 1. The van der Waals surface area contributed by atoms with Crippen LogP contribution in [0, 0.1) is 0 Å². The largest absolute Gasteiger partial charge is 0.481 e. The summed E-state index contributed by atoms with van der Waals surface area (Å²) in [5, 5.41) is 15.9. The molecule has 0 radical (unpaired) electrons. The number of benzene rings is 1. The number of rotatable bonds is 9. The lowest BCUT2D eigenvalue weighted by Crippen LogP contribution is -2.30. The number of aryl methyl sites for hydroxylation is 2. The van der Waals surface area contributed by atoms with Gasteiger partial charge in [0.25, 0.3) is 0 Å². The van der Waals surface area contributed by atoms with Crippen LogP contribution in [0.2, 0.25) is 5.02 Å². The summed E-state index contributed by atoms with van der Waals surface area (Å²) in [5.74, 6) is -0.116. The van der Waals surface area contributed by atoms with Crippen LogP contribution >= 0.6 is 11.6 Å². The van der Waals surface area contributed by atoms with Crippen LogP contribution in [0.5, 0.6) is 0 Å². The van der Waals surface area contributed by atoms with Crippen LogP contribution in [-0.4, -0.2) is 28.5 Å². The normalized spacial score (nSPS) is 13.8. The molecule has 3 rings (SSSR count). The second kappa shape index (κ2) is 10.3. The number of carbonyl (C=O) groups excluding carboxylic acids is 1. The molecule has 0 aliphatic carbocycles. The summed E-state index contributed by atoms with van der Waals surface area (Å²) in [4.78, 5) is 28.2. The molecular weight excluding hydrogens is 390 g/mol. The highest BCUT2D eigenvalue weighted by molar-refractivity contribution is 6.30. The Morgan fingerprint density at radius 2 is 1.97 bits per heavy atom. The molecule has 29 heavy (non-hydrogen) atoms. The van der Waals surface area contributed by atoms with Gasteiger partial charge in [-0.1, -0.05) is 29.8 Å². The Kier molecular flexibility index (Phi) is 7.47. The van der Waals surface area contributed by atoms with Gasteiger partial charge in [0.2, 0.25) is 5.91 Å². The van der Waals surface area contributed by atoms with Crippen LogP contribution in [0.15, 0.2) is 36.4 Å². The number of pyridine rings is 1. The summed E-state index contributed by atoms with van der Waals surface area (Å²) in [5.41, 5.74) is 3.03. The molecule has 2 heterocycles. The zero-order chi connectivity index (χ0) is 20.6. The fraction of sp³-hybridized carbons (Fsp3) is 0.409. The molecule has 3 N–H and O–H groups in total. The lowest BCUT2D eigenvalue weighted by atomic mass is 10.0. The second-order valence-corrected chi connectivity index (χ2v) is 7.75. The van der Waals surface area contributed by atoms with Crippen LogP contribution in [0.1, 0.15) is 55.0 Å². The van der Waals surface area contributed by atoms with Crippen molar-refractivity contribution in [3.05, 3.63) is 58.2 Å². The molecule has 154 valence electrons. The van der Waals surface area contributed by atoms with Gasteiger partial charge in [-0.3, -0.25) is 9.59 Å². The minimum Gasteiger partial charge on any atom is -0.481 e. The number of aliphatic carboxylic acids is 1. The van der Waals surface area contributed by atoms with E-state index in [-0.39, 0.29) is 12.3 Å². The molecule has 1 amide bonds. The van der Waals surface area contributed by atoms with Gasteiger partial charge < -0.3 is 15.7 Å². The van der Waals surface area contributed by atoms with Crippen molar-refractivity contribution in [2.75, 3.05) is 11.9 Å². The zero-order valence-corrected chi connectivity index (χ0v) is 17.0. The van der Waals surface area contributed by atoms with Crippen LogP contribution in [0.3, 0.4) is 0 Å². The Hall–Kier alpha value is -2.60. The van der Waals surface area contributed by atoms with E-state index in [1.165, 1.54) is 5.56 Å². The van der Waals surface area contributed by atoms with Gasteiger partial charge in [-0.2, -0.15) is 0 Å². The number of halogens is 1. The number of hydrogen-bond donors (Lipinski definition) is 3. The number of nitrogens with one attached hydrogen (secondary N) is 2. The van der Waals surface area contributed by atoms with Crippen LogP contribution in [-0.2, 0) is 22.4 Å². The molecule has 0 saturated carbocycles. The molecule has 0 spiro atoms. The number of anilines is 1. The van der Waals surface area contributed by atoms with E-state index in [4.69, 9.17) is 16.7 Å². The van der Waals surface area contributed by atoms with Crippen molar-refractivity contribution < 1.29 is 14.7 Å². The number of fused-ring (bicyclic) bond motifs is 1. The van der Waals surface area contributed by atoms with Crippen molar-refractivity contribution in [1.29, 1.82) is 0 Å². The first kappa shape index (κ1) is 21.1. The maximum absolute atomic E-state index is 12.3. The van der Waals surface area contributed by atoms with Crippen molar-refractivity contribution in [3.8, 4) is 0 Å². The van der Waals surface area contributed by atoms with E-state index in [1.807, 2.05) is 0 Å². The van der Waals surface area contributed by atoms with E-state index in [1.54, 1.807) is 24.3 Å². The molecule has 1 unspecified atom stereocenters. The molecule has 0 fully saturated rings. The molecule has 1 aliphatic heterocycles. The topological polar surface area (TPSA) is 91.3 Å². The van der Waals surface area contributed by atoms with Crippen molar-refractivity contribution in [3.63, 3.8) is 0 Å². The third-order valence-electron chi connectivity index (χ3n) is 5.02. The molecule has 0 bridgehead atoms. The number of unbranched alkanes of at least 4 members (excludes halogenated alkanes) is 1. The van der Waals surface area contributed by atoms with E-state index in [0.717, 1.165) is 55.7 Å². The highest BCUT2D eigenvalue weighted by Crippen LogP contribution is 2.21. The number of carboxylic acid groups (broad SMARTS) is 1. The molecular formula is C22H26ClN3O3. The molecule has 7 heteroatoms. The van der Waals surface area contributed by atoms with Gasteiger partial charge in [-0.05, 0) is 61.4 Å². The van der Waals surface area contributed by atoms with Crippen molar-refractivity contribution in [2.24, 2.45) is 0 Å². The Morgan fingerprint density at radius 1 is 1.17 bits per heavy atom. The van der Waals surface area contributed by atoms with Crippen LogP contribution < -0.4 is 10.6 Å². The third-order valence-corrected chi connectivity index (χ3v) is 5.28. The van der Waals surface area contributed by atoms with E-state index >= 15 is 0 Å². The van der Waals surface area contributed by atoms with E-state index in [2.05, 4.69) is 27.8 Å². The molecule has 6 nitrogen and oxygen atoms in total.